The molecule has 8 heteroatoms. The summed E-state index contributed by atoms with van der Waals surface area (Å²) >= 11 is 0. The van der Waals surface area contributed by atoms with Crippen molar-refractivity contribution in [2.24, 2.45) is 4.99 Å². The van der Waals surface area contributed by atoms with Gasteiger partial charge >= 0.3 is 5.97 Å². The van der Waals surface area contributed by atoms with Gasteiger partial charge in [-0.3, -0.25) is 14.6 Å². The zero-order valence-electron chi connectivity index (χ0n) is 20.1. The first-order valence-corrected chi connectivity index (χ1v) is 11.7. The van der Waals surface area contributed by atoms with E-state index in [0.29, 0.717) is 29.2 Å². The maximum atomic E-state index is 13.2. The van der Waals surface area contributed by atoms with Crippen molar-refractivity contribution in [2.75, 3.05) is 37.5 Å². The van der Waals surface area contributed by atoms with Gasteiger partial charge in [-0.1, -0.05) is 36.4 Å². The quantitative estimate of drug-likeness (QED) is 0.414. The van der Waals surface area contributed by atoms with Crippen LogP contribution in [-0.2, 0) is 20.7 Å². The second-order valence-electron chi connectivity index (χ2n) is 8.72. The first kappa shape index (κ1) is 23.4. The number of hydrogen-bond donors (Lipinski definition) is 2. The highest BCUT2D eigenvalue weighted by atomic mass is 16.5. The highest BCUT2D eigenvalue weighted by molar-refractivity contribution is 6.24. The molecule has 0 aromatic heterocycles. The van der Waals surface area contributed by atoms with Crippen molar-refractivity contribution >= 4 is 40.6 Å². The molecule has 0 fully saturated rings. The molecule has 2 aliphatic rings. The number of ether oxygens (including phenoxy) is 1. The topological polar surface area (TPSA) is 100 Å². The van der Waals surface area contributed by atoms with Crippen molar-refractivity contribution in [1.82, 2.24) is 5.32 Å². The number of nitrogens with one attached hydrogen (secondary N) is 2. The van der Waals surface area contributed by atoms with E-state index in [4.69, 9.17) is 9.73 Å². The summed E-state index contributed by atoms with van der Waals surface area (Å²) in [6, 6.07) is 20.4. The maximum Gasteiger partial charge on any atom is 0.337 e. The molecule has 1 unspecified atom stereocenters. The molecule has 0 bridgehead atoms. The molecular weight excluding hydrogens is 456 g/mol. The monoisotopic (exact) mass is 482 g/mol. The predicted octanol–water partition coefficient (Wildman–Crippen LogP) is 3.44. The third-order valence-corrected chi connectivity index (χ3v) is 6.49. The van der Waals surface area contributed by atoms with Gasteiger partial charge in [-0.2, -0.15) is 0 Å². The fraction of sp³-hybridized carbons (Fsp3) is 0.214. The van der Waals surface area contributed by atoms with E-state index in [1.807, 2.05) is 48.5 Å². The highest BCUT2D eigenvalue weighted by Crippen LogP contribution is 2.38. The zero-order chi connectivity index (χ0) is 25.2. The number of likely N-dealkylation sites (N-methyl/N-ethyl adjacent to an activating group) is 1. The number of carbonyl (C=O) groups is 3. The van der Waals surface area contributed by atoms with Crippen molar-refractivity contribution in [2.45, 2.75) is 12.3 Å². The molecule has 0 saturated heterocycles. The lowest BCUT2D eigenvalue weighted by molar-refractivity contribution is -0.117. The number of methoxy groups -OCH3 is 1. The van der Waals surface area contributed by atoms with E-state index in [9.17, 15) is 14.4 Å². The van der Waals surface area contributed by atoms with Gasteiger partial charge < -0.3 is 20.3 Å². The molecule has 182 valence electrons. The van der Waals surface area contributed by atoms with Crippen LogP contribution in [-0.4, -0.2) is 50.7 Å². The smallest absolute Gasteiger partial charge is 0.337 e. The molecular formula is C28H26N4O4. The van der Waals surface area contributed by atoms with E-state index in [-0.39, 0.29) is 18.4 Å². The molecule has 0 radical (unpaired) electrons. The van der Waals surface area contributed by atoms with Gasteiger partial charge in [0.2, 0.25) is 11.8 Å². The number of esters is 1. The number of fused-ring (bicyclic) bond motifs is 2. The number of carbonyl (C=O) groups excluding carboxylic acids is 3. The third kappa shape index (κ3) is 4.27. The maximum absolute atomic E-state index is 13.2. The number of benzene rings is 3. The standard InChI is InChI=1S/C28H26N4O4/c1-29-16-24(33)32-13-12-18-14-20(9-11-23(18)32)30-26(17-6-4-3-5-7-17)25-21-10-8-19(28(35)36-2)15-22(21)31-27(25)34/h3-11,14-15,25,29H,12-13,16H2,1-2H3,(H,31,34). The average Bonchev–Trinajstić information content (AvgIpc) is 3.47. The minimum absolute atomic E-state index is 0.0306. The molecule has 2 amide bonds. The summed E-state index contributed by atoms with van der Waals surface area (Å²) in [4.78, 5) is 44.4. The molecule has 2 N–H and O–H groups in total. The molecule has 3 aromatic rings. The molecule has 0 spiro atoms. The minimum Gasteiger partial charge on any atom is -0.465 e. The van der Waals surface area contributed by atoms with Crippen LogP contribution in [0.5, 0.6) is 0 Å². The molecule has 0 aliphatic carbocycles. The molecule has 8 nitrogen and oxygen atoms in total. The number of rotatable bonds is 6. The van der Waals surface area contributed by atoms with Gasteiger partial charge in [0.25, 0.3) is 0 Å². The first-order chi connectivity index (χ1) is 17.5. The lowest BCUT2D eigenvalue weighted by atomic mass is 9.90. The Morgan fingerprint density at radius 2 is 1.89 bits per heavy atom. The Balaban J connectivity index is 1.55. The van der Waals surface area contributed by atoms with Crippen LogP contribution in [0.25, 0.3) is 0 Å². The molecule has 0 saturated carbocycles. The van der Waals surface area contributed by atoms with Crippen LogP contribution < -0.4 is 15.5 Å². The lowest BCUT2D eigenvalue weighted by Gasteiger charge is -2.17. The van der Waals surface area contributed by atoms with Crippen LogP contribution in [0, 0.1) is 0 Å². The average molecular weight is 483 g/mol. The van der Waals surface area contributed by atoms with E-state index in [0.717, 1.165) is 28.8 Å². The Morgan fingerprint density at radius 3 is 2.64 bits per heavy atom. The van der Waals surface area contributed by atoms with Gasteiger partial charge in [0, 0.05) is 17.9 Å². The van der Waals surface area contributed by atoms with E-state index < -0.39 is 11.9 Å². The number of amides is 2. The Morgan fingerprint density at radius 1 is 1.08 bits per heavy atom. The molecule has 2 heterocycles. The van der Waals surface area contributed by atoms with Gasteiger partial charge in [-0.15, -0.1) is 0 Å². The van der Waals surface area contributed by atoms with Crippen LogP contribution in [0.2, 0.25) is 0 Å². The van der Waals surface area contributed by atoms with Crippen LogP contribution in [0.4, 0.5) is 17.1 Å². The van der Waals surface area contributed by atoms with Crippen LogP contribution >= 0.6 is 0 Å². The number of aliphatic imine (C=N–C) groups is 1. The van der Waals surface area contributed by atoms with E-state index >= 15 is 0 Å². The van der Waals surface area contributed by atoms with Gasteiger partial charge in [0.1, 0.15) is 5.92 Å². The Labute approximate surface area is 209 Å². The fourth-order valence-electron chi connectivity index (χ4n) is 4.79. The normalized spacial score (nSPS) is 16.4. The Bertz CT molecular complexity index is 1380. The molecule has 5 rings (SSSR count). The summed E-state index contributed by atoms with van der Waals surface area (Å²) in [5, 5.41) is 5.81. The lowest BCUT2D eigenvalue weighted by Crippen LogP contribution is -2.35. The SMILES string of the molecule is CNCC(=O)N1CCc2cc(N=C(c3ccccc3)C3C(=O)Nc4cc(C(=O)OC)ccc43)ccc21. The van der Waals surface area contributed by atoms with Crippen LogP contribution in [0.1, 0.15) is 33.0 Å². The summed E-state index contributed by atoms with van der Waals surface area (Å²) in [5.74, 6) is -1.29. The van der Waals surface area contributed by atoms with Crippen molar-refractivity contribution in [3.63, 3.8) is 0 Å². The Kier molecular flexibility index (Phi) is 6.35. The molecule has 3 aromatic carbocycles. The largest absolute Gasteiger partial charge is 0.465 e. The molecule has 36 heavy (non-hydrogen) atoms. The van der Waals surface area contributed by atoms with Crippen molar-refractivity contribution < 1.29 is 19.1 Å². The van der Waals surface area contributed by atoms with Gasteiger partial charge in [-0.05, 0) is 60.5 Å². The van der Waals surface area contributed by atoms with Crippen molar-refractivity contribution in [1.29, 1.82) is 0 Å². The van der Waals surface area contributed by atoms with Gasteiger partial charge in [-0.25, -0.2) is 4.79 Å². The van der Waals surface area contributed by atoms with Gasteiger partial charge in [0.15, 0.2) is 0 Å². The number of anilines is 2. The fourth-order valence-corrected chi connectivity index (χ4v) is 4.79. The molecule has 1 atom stereocenters. The summed E-state index contributed by atoms with van der Waals surface area (Å²) in [5.41, 5.74) is 5.79. The summed E-state index contributed by atoms with van der Waals surface area (Å²) in [6.07, 6.45) is 0.748. The van der Waals surface area contributed by atoms with E-state index in [1.165, 1.54) is 7.11 Å². The minimum atomic E-state index is -0.643. The van der Waals surface area contributed by atoms with Gasteiger partial charge in [0.05, 0.1) is 30.6 Å². The summed E-state index contributed by atoms with van der Waals surface area (Å²) < 4.78 is 4.81. The van der Waals surface area contributed by atoms with Crippen LogP contribution in [0.15, 0.2) is 71.7 Å². The van der Waals surface area contributed by atoms with Crippen LogP contribution in [0.3, 0.4) is 0 Å². The van der Waals surface area contributed by atoms with Crippen molar-refractivity contribution in [3.05, 3.63) is 89.0 Å². The predicted molar refractivity (Wildman–Crippen MR) is 138 cm³/mol. The number of hydrogen-bond acceptors (Lipinski definition) is 6. The first-order valence-electron chi connectivity index (χ1n) is 11.7. The Hall–Kier alpha value is -4.30. The summed E-state index contributed by atoms with van der Waals surface area (Å²) in [7, 11) is 3.08. The highest BCUT2D eigenvalue weighted by Gasteiger charge is 2.36. The van der Waals surface area contributed by atoms with E-state index in [1.54, 1.807) is 30.1 Å². The van der Waals surface area contributed by atoms with Crippen molar-refractivity contribution in [3.8, 4) is 0 Å². The second kappa shape index (κ2) is 9.75. The molecule has 2 aliphatic heterocycles. The van der Waals surface area contributed by atoms with E-state index in [2.05, 4.69) is 10.6 Å². The number of nitrogens with zero attached hydrogens (tertiary/aromatic N) is 2. The zero-order valence-corrected chi connectivity index (χ0v) is 20.1. The third-order valence-electron chi connectivity index (χ3n) is 6.49. The second-order valence-corrected chi connectivity index (χ2v) is 8.72. The summed E-state index contributed by atoms with van der Waals surface area (Å²) in [6.45, 7) is 0.918.